The summed E-state index contributed by atoms with van der Waals surface area (Å²) in [6, 6.07) is 13.6. The first-order valence-electron chi connectivity index (χ1n) is 10.6. The van der Waals surface area contributed by atoms with Crippen LogP contribution in [0.25, 0.3) is 0 Å². The van der Waals surface area contributed by atoms with Gasteiger partial charge in [0.1, 0.15) is 0 Å². The number of aromatic amines is 1. The van der Waals surface area contributed by atoms with E-state index in [9.17, 15) is 4.79 Å². The van der Waals surface area contributed by atoms with Crippen LogP contribution in [0.15, 0.2) is 53.7 Å². The van der Waals surface area contributed by atoms with E-state index in [1.165, 1.54) is 0 Å². The standard InChI is InChI=1S/C25H24ClN3O3/c1-13-22-23(16-6-4-5-7-17(16)26)24-18(27-25(22)29-28-13)10-15(11-19(24)30)14-8-9-20(31-2)21(12-14)32-3/h4-9,12,15,23H,10-11H2,1-3H3,(H2,27,28,29). The molecule has 2 N–H and O–H groups in total. The minimum Gasteiger partial charge on any atom is -0.493 e. The van der Waals surface area contributed by atoms with Crippen molar-refractivity contribution in [3.8, 4) is 11.5 Å². The maximum atomic E-state index is 13.6. The van der Waals surface area contributed by atoms with Crippen LogP contribution < -0.4 is 14.8 Å². The second-order valence-corrected chi connectivity index (χ2v) is 8.63. The summed E-state index contributed by atoms with van der Waals surface area (Å²) in [5, 5.41) is 11.6. The molecule has 32 heavy (non-hydrogen) atoms. The van der Waals surface area contributed by atoms with Gasteiger partial charge in [-0.05, 0) is 48.6 Å². The third kappa shape index (κ3) is 3.26. The molecule has 0 saturated heterocycles. The zero-order valence-corrected chi connectivity index (χ0v) is 18.9. The van der Waals surface area contributed by atoms with Crippen molar-refractivity contribution in [3.05, 3.63) is 81.1 Å². The Labute approximate surface area is 191 Å². The van der Waals surface area contributed by atoms with E-state index in [4.69, 9.17) is 21.1 Å². The van der Waals surface area contributed by atoms with Crippen molar-refractivity contribution in [2.75, 3.05) is 19.5 Å². The molecule has 2 heterocycles. The highest BCUT2D eigenvalue weighted by Crippen LogP contribution is 2.49. The number of anilines is 1. The zero-order valence-electron chi connectivity index (χ0n) is 18.2. The molecule has 0 radical (unpaired) electrons. The first kappa shape index (κ1) is 20.6. The van der Waals surface area contributed by atoms with Crippen molar-refractivity contribution in [1.29, 1.82) is 0 Å². The van der Waals surface area contributed by atoms with Crippen LogP contribution in [0, 0.1) is 6.92 Å². The van der Waals surface area contributed by atoms with Crippen molar-refractivity contribution in [3.63, 3.8) is 0 Å². The first-order valence-corrected chi connectivity index (χ1v) is 10.9. The lowest BCUT2D eigenvalue weighted by Gasteiger charge is -2.35. The third-order valence-corrected chi connectivity index (χ3v) is 6.79. The Hall–Kier alpha value is -3.25. The zero-order chi connectivity index (χ0) is 22.4. The Morgan fingerprint density at radius 3 is 2.59 bits per heavy atom. The van der Waals surface area contributed by atoms with E-state index in [1.54, 1.807) is 14.2 Å². The highest BCUT2D eigenvalue weighted by atomic mass is 35.5. The third-order valence-electron chi connectivity index (χ3n) is 6.44. The van der Waals surface area contributed by atoms with Crippen molar-refractivity contribution in [2.24, 2.45) is 0 Å². The Bertz CT molecular complexity index is 1250. The molecule has 0 bridgehead atoms. The molecular formula is C25H24ClN3O3. The second-order valence-electron chi connectivity index (χ2n) is 8.23. The number of benzene rings is 2. The molecule has 164 valence electrons. The number of aryl methyl sites for hydroxylation is 1. The lowest BCUT2D eigenvalue weighted by atomic mass is 9.72. The molecule has 2 aromatic carbocycles. The number of allylic oxidation sites excluding steroid dienone is 2. The molecule has 0 amide bonds. The van der Waals surface area contributed by atoms with Gasteiger partial charge in [-0.3, -0.25) is 9.89 Å². The SMILES string of the molecule is COc1ccc(C2CC(=O)C3=C(C2)Nc2n[nH]c(C)c2C3c2ccccc2Cl)cc1OC. The number of nitrogens with zero attached hydrogens (tertiary/aromatic N) is 1. The summed E-state index contributed by atoms with van der Waals surface area (Å²) < 4.78 is 10.8. The van der Waals surface area contributed by atoms with Crippen molar-refractivity contribution in [1.82, 2.24) is 10.2 Å². The predicted octanol–water partition coefficient (Wildman–Crippen LogP) is 5.35. The van der Waals surface area contributed by atoms with E-state index in [0.717, 1.165) is 39.5 Å². The number of hydrogen-bond acceptors (Lipinski definition) is 5. The van der Waals surface area contributed by atoms with E-state index in [-0.39, 0.29) is 17.6 Å². The number of halogens is 1. The average molecular weight is 450 g/mol. The van der Waals surface area contributed by atoms with Gasteiger partial charge in [0.05, 0.1) is 14.2 Å². The quantitative estimate of drug-likeness (QED) is 0.561. The number of methoxy groups -OCH3 is 2. The highest BCUT2D eigenvalue weighted by Gasteiger charge is 2.41. The second kappa shape index (κ2) is 8.02. The van der Waals surface area contributed by atoms with Gasteiger partial charge in [0, 0.05) is 39.9 Å². The van der Waals surface area contributed by atoms with Crippen LogP contribution in [-0.4, -0.2) is 30.2 Å². The molecule has 1 aliphatic heterocycles. The van der Waals surface area contributed by atoms with Crippen molar-refractivity contribution < 1.29 is 14.3 Å². The molecule has 0 fully saturated rings. The van der Waals surface area contributed by atoms with Crippen LogP contribution in [0.1, 0.15) is 47.1 Å². The van der Waals surface area contributed by atoms with Crippen LogP contribution in [0.2, 0.25) is 5.02 Å². The molecule has 3 aromatic rings. The molecule has 2 unspecified atom stereocenters. The van der Waals surface area contributed by atoms with E-state index in [1.807, 2.05) is 49.4 Å². The summed E-state index contributed by atoms with van der Waals surface area (Å²) in [5.41, 5.74) is 5.57. The summed E-state index contributed by atoms with van der Waals surface area (Å²) in [7, 11) is 3.23. The molecule has 2 aliphatic rings. The lowest BCUT2D eigenvalue weighted by Crippen LogP contribution is -2.30. The highest BCUT2D eigenvalue weighted by molar-refractivity contribution is 6.31. The van der Waals surface area contributed by atoms with E-state index in [0.29, 0.717) is 29.4 Å². The molecule has 0 spiro atoms. The fraction of sp³-hybridized carbons (Fsp3) is 0.280. The largest absolute Gasteiger partial charge is 0.493 e. The van der Waals surface area contributed by atoms with Gasteiger partial charge in [0.25, 0.3) is 0 Å². The number of carbonyl (C=O) groups is 1. The molecule has 5 rings (SSSR count). The van der Waals surface area contributed by atoms with Gasteiger partial charge in [-0.1, -0.05) is 35.9 Å². The molecule has 2 atom stereocenters. The number of fused-ring (bicyclic) bond motifs is 1. The summed E-state index contributed by atoms with van der Waals surface area (Å²) in [6.45, 7) is 1.97. The number of rotatable bonds is 4. The molecule has 0 saturated carbocycles. The first-order chi connectivity index (χ1) is 15.5. The summed E-state index contributed by atoms with van der Waals surface area (Å²) >= 11 is 6.60. The van der Waals surface area contributed by atoms with Gasteiger partial charge >= 0.3 is 0 Å². The maximum Gasteiger partial charge on any atom is 0.162 e. The fourth-order valence-corrected chi connectivity index (χ4v) is 5.17. The smallest absolute Gasteiger partial charge is 0.162 e. The van der Waals surface area contributed by atoms with E-state index < -0.39 is 0 Å². The van der Waals surface area contributed by atoms with Gasteiger partial charge in [0.2, 0.25) is 0 Å². The van der Waals surface area contributed by atoms with E-state index >= 15 is 0 Å². The maximum absolute atomic E-state index is 13.6. The molecule has 7 heteroatoms. The normalized spacial score (nSPS) is 19.8. The van der Waals surface area contributed by atoms with Crippen LogP contribution in [0.5, 0.6) is 11.5 Å². The van der Waals surface area contributed by atoms with Crippen LogP contribution in [-0.2, 0) is 4.79 Å². The molecular weight excluding hydrogens is 426 g/mol. The number of ketones is 1. The molecule has 1 aliphatic carbocycles. The summed E-state index contributed by atoms with van der Waals surface area (Å²) in [5.74, 6) is 1.99. The molecule has 6 nitrogen and oxygen atoms in total. The Morgan fingerprint density at radius 1 is 1.06 bits per heavy atom. The van der Waals surface area contributed by atoms with Gasteiger partial charge < -0.3 is 14.8 Å². The number of H-pyrrole nitrogens is 1. The van der Waals surface area contributed by atoms with Gasteiger partial charge in [-0.2, -0.15) is 5.10 Å². The minimum absolute atomic E-state index is 0.0297. The predicted molar refractivity (Wildman–Crippen MR) is 124 cm³/mol. The summed E-state index contributed by atoms with van der Waals surface area (Å²) in [4.78, 5) is 13.6. The monoisotopic (exact) mass is 449 g/mol. The Morgan fingerprint density at radius 2 is 1.84 bits per heavy atom. The van der Waals surface area contributed by atoms with Crippen molar-refractivity contribution in [2.45, 2.75) is 31.6 Å². The van der Waals surface area contributed by atoms with Crippen LogP contribution >= 0.6 is 11.6 Å². The number of carbonyl (C=O) groups excluding carboxylic acids is 1. The van der Waals surface area contributed by atoms with Gasteiger partial charge in [-0.15, -0.1) is 0 Å². The number of aromatic nitrogens is 2. The van der Waals surface area contributed by atoms with Gasteiger partial charge in [0.15, 0.2) is 23.1 Å². The number of hydrogen-bond donors (Lipinski definition) is 2. The minimum atomic E-state index is -0.243. The van der Waals surface area contributed by atoms with Crippen LogP contribution in [0.3, 0.4) is 0 Å². The van der Waals surface area contributed by atoms with Crippen LogP contribution in [0.4, 0.5) is 5.82 Å². The van der Waals surface area contributed by atoms with E-state index in [2.05, 4.69) is 15.5 Å². The number of nitrogens with one attached hydrogen (secondary N) is 2. The molecule has 1 aromatic heterocycles. The average Bonchev–Trinajstić information content (AvgIpc) is 3.17. The topological polar surface area (TPSA) is 76.2 Å². The fourth-order valence-electron chi connectivity index (χ4n) is 4.92. The number of ether oxygens (including phenoxy) is 2. The Balaban J connectivity index is 1.59. The van der Waals surface area contributed by atoms with Gasteiger partial charge in [-0.25, -0.2) is 0 Å². The number of Topliss-reactive ketones (excluding diaryl/α,β-unsaturated/α-hetero) is 1. The summed E-state index contributed by atoms with van der Waals surface area (Å²) in [6.07, 6.45) is 1.12. The lowest BCUT2D eigenvalue weighted by molar-refractivity contribution is -0.116. The Kier molecular flexibility index (Phi) is 5.18. The van der Waals surface area contributed by atoms with Crippen molar-refractivity contribution >= 4 is 23.2 Å².